The lowest BCUT2D eigenvalue weighted by Gasteiger charge is -2.36. The maximum Gasteiger partial charge on any atom is 0.225 e. The maximum absolute atomic E-state index is 13.0. The summed E-state index contributed by atoms with van der Waals surface area (Å²) in [7, 11) is 0. The Hall–Kier alpha value is -0.570. The van der Waals surface area contributed by atoms with Crippen LogP contribution in [0.3, 0.4) is 0 Å². The highest BCUT2D eigenvalue weighted by atomic mass is 16.2. The van der Waals surface area contributed by atoms with Gasteiger partial charge in [-0.2, -0.15) is 0 Å². The number of hydrogen-bond acceptors (Lipinski definition) is 2. The molecule has 0 bridgehead atoms. The molecule has 0 aliphatic heterocycles. The lowest BCUT2D eigenvalue weighted by Crippen LogP contribution is -2.44. The van der Waals surface area contributed by atoms with Gasteiger partial charge in [0.2, 0.25) is 5.91 Å². The van der Waals surface area contributed by atoms with E-state index in [9.17, 15) is 4.79 Å². The molecule has 2 N–H and O–H groups in total. The summed E-state index contributed by atoms with van der Waals surface area (Å²) in [5.74, 6) is 1.94. The summed E-state index contributed by atoms with van der Waals surface area (Å²) in [6, 6.07) is 0.523. The monoisotopic (exact) mass is 294 g/mol. The lowest BCUT2D eigenvalue weighted by atomic mass is 9.80. The second-order valence-electron chi connectivity index (χ2n) is 7.62. The number of nitrogens with zero attached hydrogens (tertiary/aromatic N) is 1. The fourth-order valence-corrected chi connectivity index (χ4v) is 4.05. The van der Waals surface area contributed by atoms with E-state index in [1.54, 1.807) is 0 Å². The second kappa shape index (κ2) is 8.17. The van der Waals surface area contributed by atoms with Crippen LogP contribution < -0.4 is 5.73 Å². The van der Waals surface area contributed by atoms with Gasteiger partial charge in [0.1, 0.15) is 0 Å². The SMILES string of the molecule is CC(C)CCN(C(=O)C1CCCC(CN)C1)C1CCCC1. The van der Waals surface area contributed by atoms with Crippen LogP contribution >= 0.6 is 0 Å². The maximum atomic E-state index is 13.0. The number of carbonyl (C=O) groups is 1. The van der Waals surface area contributed by atoms with Crippen molar-refractivity contribution in [1.82, 2.24) is 4.90 Å². The van der Waals surface area contributed by atoms with Crippen LogP contribution in [0.4, 0.5) is 0 Å². The molecule has 0 aromatic rings. The van der Waals surface area contributed by atoms with Gasteiger partial charge in [0, 0.05) is 18.5 Å². The number of nitrogens with two attached hydrogens (primary N) is 1. The molecule has 2 aliphatic rings. The third-order valence-corrected chi connectivity index (χ3v) is 5.46. The van der Waals surface area contributed by atoms with Crippen LogP contribution in [0.1, 0.15) is 71.6 Å². The number of rotatable bonds is 6. The van der Waals surface area contributed by atoms with Crippen molar-refractivity contribution in [2.75, 3.05) is 13.1 Å². The van der Waals surface area contributed by atoms with Crippen LogP contribution in [0.2, 0.25) is 0 Å². The summed E-state index contributed by atoms with van der Waals surface area (Å²) in [5.41, 5.74) is 5.84. The molecule has 0 aromatic carbocycles. The highest BCUT2D eigenvalue weighted by molar-refractivity contribution is 5.79. The zero-order chi connectivity index (χ0) is 15.2. The highest BCUT2D eigenvalue weighted by Crippen LogP contribution is 2.32. The fraction of sp³-hybridized carbons (Fsp3) is 0.944. The van der Waals surface area contributed by atoms with Crippen LogP contribution in [-0.2, 0) is 4.79 Å². The minimum atomic E-state index is 0.250. The molecular weight excluding hydrogens is 260 g/mol. The van der Waals surface area contributed by atoms with Gasteiger partial charge in [0.05, 0.1) is 0 Å². The van der Waals surface area contributed by atoms with Crippen LogP contribution in [0, 0.1) is 17.8 Å². The molecule has 2 saturated carbocycles. The summed E-state index contributed by atoms with van der Waals surface area (Å²) < 4.78 is 0. The zero-order valence-corrected chi connectivity index (χ0v) is 14.0. The van der Waals surface area contributed by atoms with E-state index >= 15 is 0 Å². The van der Waals surface area contributed by atoms with E-state index in [0.29, 0.717) is 23.8 Å². The minimum Gasteiger partial charge on any atom is -0.339 e. The van der Waals surface area contributed by atoms with E-state index in [2.05, 4.69) is 18.7 Å². The number of amides is 1. The number of hydrogen-bond donors (Lipinski definition) is 1. The van der Waals surface area contributed by atoms with Crippen molar-refractivity contribution in [1.29, 1.82) is 0 Å². The summed E-state index contributed by atoms with van der Waals surface area (Å²) in [6.45, 7) is 6.22. The average Bonchev–Trinajstić information content (AvgIpc) is 3.01. The predicted molar refractivity (Wildman–Crippen MR) is 87.9 cm³/mol. The Bertz CT molecular complexity index is 323. The van der Waals surface area contributed by atoms with Crippen molar-refractivity contribution >= 4 is 5.91 Å². The normalized spacial score (nSPS) is 27.2. The van der Waals surface area contributed by atoms with Crippen molar-refractivity contribution in [2.24, 2.45) is 23.5 Å². The molecule has 0 saturated heterocycles. The van der Waals surface area contributed by atoms with E-state index in [1.807, 2.05) is 0 Å². The molecule has 2 rings (SSSR count). The molecule has 122 valence electrons. The first-order valence-corrected chi connectivity index (χ1v) is 9.12. The fourth-order valence-electron chi connectivity index (χ4n) is 4.05. The van der Waals surface area contributed by atoms with Crippen molar-refractivity contribution in [3.63, 3.8) is 0 Å². The predicted octanol–water partition coefficient (Wildman–Crippen LogP) is 3.57. The van der Waals surface area contributed by atoms with Crippen molar-refractivity contribution in [2.45, 2.75) is 77.7 Å². The summed E-state index contributed by atoms with van der Waals surface area (Å²) in [6.07, 6.45) is 10.7. The van der Waals surface area contributed by atoms with E-state index < -0.39 is 0 Å². The summed E-state index contributed by atoms with van der Waals surface area (Å²) in [4.78, 5) is 15.3. The van der Waals surface area contributed by atoms with Gasteiger partial charge in [-0.05, 0) is 56.9 Å². The van der Waals surface area contributed by atoms with Crippen LogP contribution in [0.15, 0.2) is 0 Å². The molecule has 3 nitrogen and oxygen atoms in total. The topological polar surface area (TPSA) is 46.3 Å². The molecule has 1 amide bonds. The largest absolute Gasteiger partial charge is 0.339 e. The van der Waals surface area contributed by atoms with Crippen molar-refractivity contribution < 1.29 is 4.79 Å². The Morgan fingerprint density at radius 2 is 1.86 bits per heavy atom. The molecule has 2 atom stereocenters. The van der Waals surface area contributed by atoms with Gasteiger partial charge in [-0.15, -0.1) is 0 Å². The van der Waals surface area contributed by atoms with E-state index in [1.165, 1.54) is 38.5 Å². The summed E-state index contributed by atoms with van der Waals surface area (Å²) >= 11 is 0. The Morgan fingerprint density at radius 3 is 2.48 bits per heavy atom. The van der Waals surface area contributed by atoms with Gasteiger partial charge in [-0.25, -0.2) is 0 Å². The molecule has 0 spiro atoms. The van der Waals surface area contributed by atoms with Crippen LogP contribution in [0.25, 0.3) is 0 Å². The molecular formula is C18H34N2O. The minimum absolute atomic E-state index is 0.250. The van der Waals surface area contributed by atoms with Gasteiger partial charge >= 0.3 is 0 Å². The van der Waals surface area contributed by atoms with Crippen molar-refractivity contribution in [3.8, 4) is 0 Å². The molecule has 2 aliphatic carbocycles. The first-order chi connectivity index (χ1) is 10.1. The first kappa shape index (κ1) is 16.8. The highest BCUT2D eigenvalue weighted by Gasteiger charge is 2.33. The van der Waals surface area contributed by atoms with E-state index in [-0.39, 0.29) is 5.92 Å². The van der Waals surface area contributed by atoms with Gasteiger partial charge < -0.3 is 10.6 Å². The van der Waals surface area contributed by atoms with Crippen LogP contribution in [0.5, 0.6) is 0 Å². The molecule has 21 heavy (non-hydrogen) atoms. The third kappa shape index (κ3) is 4.70. The average molecular weight is 294 g/mol. The third-order valence-electron chi connectivity index (χ3n) is 5.46. The number of carbonyl (C=O) groups excluding carboxylic acids is 1. The zero-order valence-electron chi connectivity index (χ0n) is 14.0. The molecule has 2 unspecified atom stereocenters. The quantitative estimate of drug-likeness (QED) is 0.814. The van der Waals surface area contributed by atoms with Gasteiger partial charge in [0.15, 0.2) is 0 Å². The van der Waals surface area contributed by atoms with E-state index in [4.69, 9.17) is 5.73 Å². The molecule has 0 heterocycles. The van der Waals surface area contributed by atoms with Gasteiger partial charge in [0.25, 0.3) is 0 Å². The second-order valence-corrected chi connectivity index (χ2v) is 7.62. The Labute approximate surface area is 130 Å². The molecule has 3 heteroatoms. The lowest BCUT2D eigenvalue weighted by molar-refractivity contribution is -0.139. The van der Waals surface area contributed by atoms with E-state index in [0.717, 1.165) is 32.4 Å². The Balaban J connectivity index is 1.98. The molecule has 0 aromatic heterocycles. The molecule has 0 radical (unpaired) electrons. The van der Waals surface area contributed by atoms with Gasteiger partial charge in [-0.3, -0.25) is 4.79 Å². The molecule has 2 fully saturated rings. The van der Waals surface area contributed by atoms with Crippen LogP contribution in [-0.4, -0.2) is 29.9 Å². The Kier molecular flexibility index (Phi) is 6.53. The Morgan fingerprint density at radius 1 is 1.14 bits per heavy atom. The standard InChI is InChI=1S/C18H34N2O/c1-14(2)10-11-20(17-8-3-4-9-17)18(21)16-7-5-6-15(12-16)13-19/h14-17H,3-13,19H2,1-2H3. The first-order valence-electron chi connectivity index (χ1n) is 9.12. The smallest absolute Gasteiger partial charge is 0.225 e. The van der Waals surface area contributed by atoms with Crippen molar-refractivity contribution in [3.05, 3.63) is 0 Å². The summed E-state index contributed by atoms with van der Waals surface area (Å²) in [5, 5.41) is 0. The van der Waals surface area contributed by atoms with Gasteiger partial charge in [-0.1, -0.05) is 33.1 Å².